The molecular formula is C16H25NO3. The van der Waals surface area contributed by atoms with Crippen LogP contribution in [-0.4, -0.2) is 35.0 Å². The summed E-state index contributed by atoms with van der Waals surface area (Å²) in [4.78, 5) is 27.4. The summed E-state index contributed by atoms with van der Waals surface area (Å²) in [5, 5.41) is 0. The number of hydrogen-bond donors (Lipinski definition) is 0. The molecule has 2 heterocycles. The molecule has 1 amide bonds. The van der Waals surface area contributed by atoms with Crippen LogP contribution in [0.5, 0.6) is 0 Å². The number of amides is 1. The number of piperidine rings is 1. The van der Waals surface area contributed by atoms with Gasteiger partial charge in [0.25, 0.3) is 5.91 Å². The van der Waals surface area contributed by atoms with Gasteiger partial charge in [0.05, 0.1) is 5.41 Å². The number of likely N-dealkylation sites (tertiary alicyclic amines) is 1. The van der Waals surface area contributed by atoms with E-state index in [0.717, 1.165) is 25.8 Å². The summed E-state index contributed by atoms with van der Waals surface area (Å²) >= 11 is 0. The molecule has 3 fully saturated rings. The first-order chi connectivity index (χ1) is 9.26. The zero-order chi connectivity index (χ0) is 14.8. The van der Waals surface area contributed by atoms with Crippen LogP contribution in [0.1, 0.15) is 59.8 Å². The van der Waals surface area contributed by atoms with Gasteiger partial charge in [-0.1, -0.05) is 13.8 Å². The van der Waals surface area contributed by atoms with Crippen molar-refractivity contribution >= 4 is 11.9 Å². The molecule has 0 aromatic heterocycles. The van der Waals surface area contributed by atoms with Crippen LogP contribution in [0.15, 0.2) is 0 Å². The van der Waals surface area contributed by atoms with Gasteiger partial charge in [-0.15, -0.1) is 0 Å². The van der Waals surface area contributed by atoms with Gasteiger partial charge in [0, 0.05) is 18.0 Å². The second-order valence-corrected chi connectivity index (χ2v) is 7.52. The standard InChI is InChI=1S/C16H25NO3/c1-11-7-5-6-10-17(11)12(18)16-9-8-15(4,13(19)20-16)14(16,2)3/h11H,5-10H2,1-4H3/t11-,15-,16+/m0/s1. The van der Waals surface area contributed by atoms with Gasteiger partial charge in [0.2, 0.25) is 0 Å². The Morgan fingerprint density at radius 3 is 2.45 bits per heavy atom. The summed E-state index contributed by atoms with van der Waals surface area (Å²) in [5.74, 6) is -0.143. The van der Waals surface area contributed by atoms with E-state index in [0.29, 0.717) is 6.42 Å². The van der Waals surface area contributed by atoms with E-state index in [1.54, 1.807) is 0 Å². The van der Waals surface area contributed by atoms with E-state index >= 15 is 0 Å². The second-order valence-electron chi connectivity index (χ2n) is 7.52. The van der Waals surface area contributed by atoms with Crippen LogP contribution in [0.4, 0.5) is 0 Å². The highest BCUT2D eigenvalue weighted by atomic mass is 16.6. The van der Waals surface area contributed by atoms with Crippen LogP contribution in [-0.2, 0) is 14.3 Å². The predicted molar refractivity (Wildman–Crippen MR) is 75.0 cm³/mol. The summed E-state index contributed by atoms with van der Waals surface area (Å²) in [7, 11) is 0. The predicted octanol–water partition coefficient (Wildman–Crippen LogP) is 2.51. The van der Waals surface area contributed by atoms with E-state index in [1.165, 1.54) is 6.42 Å². The summed E-state index contributed by atoms with van der Waals surface area (Å²) in [6.07, 6.45) is 4.71. The van der Waals surface area contributed by atoms with Gasteiger partial charge in [0.15, 0.2) is 5.60 Å². The fourth-order valence-corrected chi connectivity index (χ4v) is 4.35. The number of hydrogen-bond acceptors (Lipinski definition) is 3. The fourth-order valence-electron chi connectivity index (χ4n) is 4.35. The van der Waals surface area contributed by atoms with Gasteiger partial charge < -0.3 is 9.64 Å². The highest BCUT2D eigenvalue weighted by Crippen LogP contribution is 2.66. The van der Waals surface area contributed by atoms with Gasteiger partial charge in [-0.3, -0.25) is 9.59 Å². The summed E-state index contributed by atoms with van der Waals surface area (Å²) in [6.45, 7) is 8.91. The third-order valence-electron chi connectivity index (χ3n) is 6.49. The van der Waals surface area contributed by atoms with E-state index in [4.69, 9.17) is 4.74 Å². The summed E-state index contributed by atoms with van der Waals surface area (Å²) in [6, 6.07) is 0.257. The quantitative estimate of drug-likeness (QED) is 0.693. The maximum atomic E-state index is 13.1. The van der Waals surface area contributed by atoms with Crippen LogP contribution >= 0.6 is 0 Å². The third-order valence-corrected chi connectivity index (χ3v) is 6.49. The molecule has 0 spiro atoms. The molecule has 0 aromatic carbocycles. The Kier molecular flexibility index (Phi) is 2.77. The van der Waals surface area contributed by atoms with E-state index in [-0.39, 0.29) is 17.9 Å². The van der Waals surface area contributed by atoms with Crippen molar-refractivity contribution in [2.75, 3.05) is 6.54 Å². The molecule has 1 saturated carbocycles. The molecule has 3 atom stereocenters. The van der Waals surface area contributed by atoms with E-state index in [9.17, 15) is 9.59 Å². The van der Waals surface area contributed by atoms with Gasteiger partial charge in [-0.05, 0) is 46.0 Å². The Bertz CT molecular complexity index is 472. The van der Waals surface area contributed by atoms with Gasteiger partial charge >= 0.3 is 5.97 Å². The van der Waals surface area contributed by atoms with Crippen molar-refractivity contribution in [2.24, 2.45) is 10.8 Å². The first-order valence-electron chi connectivity index (χ1n) is 7.81. The lowest BCUT2D eigenvalue weighted by molar-refractivity contribution is -0.176. The van der Waals surface area contributed by atoms with Crippen molar-refractivity contribution in [3.8, 4) is 0 Å². The fraction of sp³-hybridized carbons (Fsp3) is 0.875. The lowest BCUT2D eigenvalue weighted by Gasteiger charge is -2.42. The average Bonchev–Trinajstić information content (AvgIpc) is 2.69. The zero-order valence-electron chi connectivity index (χ0n) is 13.0. The Morgan fingerprint density at radius 1 is 1.25 bits per heavy atom. The molecule has 0 N–H and O–H groups in total. The molecule has 4 heteroatoms. The zero-order valence-corrected chi connectivity index (χ0v) is 13.0. The van der Waals surface area contributed by atoms with Crippen LogP contribution in [0.2, 0.25) is 0 Å². The third kappa shape index (κ3) is 1.38. The van der Waals surface area contributed by atoms with Crippen molar-refractivity contribution in [3.05, 3.63) is 0 Å². The molecule has 4 nitrogen and oxygen atoms in total. The maximum Gasteiger partial charge on any atom is 0.313 e. The average molecular weight is 279 g/mol. The largest absolute Gasteiger partial charge is 0.448 e. The normalized spacial score (nSPS) is 42.7. The SMILES string of the molecule is C[C@H]1CCCCN1C(=O)[C@@]12CC[C@@](C)(C(=O)O1)C2(C)C. The minimum Gasteiger partial charge on any atom is -0.448 e. The number of carbonyl (C=O) groups is 2. The number of ether oxygens (including phenoxy) is 1. The summed E-state index contributed by atoms with van der Waals surface area (Å²) < 4.78 is 5.70. The Hall–Kier alpha value is -1.06. The lowest BCUT2D eigenvalue weighted by atomic mass is 9.66. The van der Waals surface area contributed by atoms with Crippen LogP contribution in [0.3, 0.4) is 0 Å². The molecular weight excluding hydrogens is 254 g/mol. The minimum atomic E-state index is -0.926. The molecule has 1 aliphatic carbocycles. The molecule has 20 heavy (non-hydrogen) atoms. The molecule has 2 bridgehead atoms. The number of nitrogens with zero attached hydrogens (tertiary/aromatic N) is 1. The topological polar surface area (TPSA) is 46.6 Å². The van der Waals surface area contributed by atoms with Crippen molar-refractivity contribution < 1.29 is 14.3 Å². The number of carbonyl (C=O) groups excluding carboxylic acids is 2. The first kappa shape index (κ1) is 13.9. The van der Waals surface area contributed by atoms with Crippen molar-refractivity contribution in [1.29, 1.82) is 0 Å². The van der Waals surface area contributed by atoms with Crippen molar-refractivity contribution in [3.63, 3.8) is 0 Å². The number of rotatable bonds is 1. The first-order valence-corrected chi connectivity index (χ1v) is 7.81. The van der Waals surface area contributed by atoms with E-state index in [2.05, 4.69) is 6.92 Å². The highest BCUT2D eigenvalue weighted by molar-refractivity contribution is 5.96. The second kappa shape index (κ2) is 3.99. The van der Waals surface area contributed by atoms with Crippen molar-refractivity contribution in [1.82, 2.24) is 4.90 Å². The van der Waals surface area contributed by atoms with Gasteiger partial charge in [0.1, 0.15) is 0 Å². The van der Waals surface area contributed by atoms with Gasteiger partial charge in [-0.2, -0.15) is 0 Å². The molecule has 0 unspecified atom stereocenters. The van der Waals surface area contributed by atoms with E-state index in [1.807, 2.05) is 25.7 Å². The lowest BCUT2D eigenvalue weighted by Crippen LogP contribution is -2.57. The molecule has 3 aliphatic rings. The molecule has 2 saturated heterocycles. The monoisotopic (exact) mass is 279 g/mol. The highest BCUT2D eigenvalue weighted by Gasteiger charge is 2.76. The smallest absolute Gasteiger partial charge is 0.313 e. The van der Waals surface area contributed by atoms with E-state index < -0.39 is 16.4 Å². The Labute approximate surface area is 120 Å². The molecule has 0 radical (unpaired) electrons. The van der Waals surface area contributed by atoms with Gasteiger partial charge in [-0.25, -0.2) is 0 Å². The van der Waals surface area contributed by atoms with Crippen LogP contribution in [0, 0.1) is 10.8 Å². The molecule has 2 aliphatic heterocycles. The number of fused-ring (bicyclic) bond motifs is 2. The van der Waals surface area contributed by atoms with Crippen LogP contribution < -0.4 is 0 Å². The summed E-state index contributed by atoms with van der Waals surface area (Å²) in [5.41, 5.74) is -1.86. The Balaban J connectivity index is 1.97. The maximum absolute atomic E-state index is 13.1. The Morgan fingerprint density at radius 2 is 1.95 bits per heavy atom. The molecule has 112 valence electrons. The minimum absolute atomic E-state index is 0.0456. The molecule has 3 rings (SSSR count). The van der Waals surface area contributed by atoms with Crippen LogP contribution in [0.25, 0.3) is 0 Å². The molecule has 0 aromatic rings. The number of esters is 1. The van der Waals surface area contributed by atoms with Crippen molar-refractivity contribution in [2.45, 2.75) is 71.4 Å².